The van der Waals surface area contributed by atoms with Crippen molar-refractivity contribution in [2.45, 2.75) is 38.7 Å². The third-order valence-electron chi connectivity index (χ3n) is 4.85. The van der Waals surface area contributed by atoms with Crippen LogP contribution in [0.25, 0.3) is 11.4 Å². The molecule has 0 fully saturated rings. The Balaban J connectivity index is 1.91. The predicted octanol–water partition coefficient (Wildman–Crippen LogP) is 4.21. The van der Waals surface area contributed by atoms with E-state index < -0.39 is 15.9 Å². The molecule has 1 heterocycles. The van der Waals surface area contributed by atoms with Gasteiger partial charge in [-0.15, -0.1) is 0 Å². The lowest BCUT2D eigenvalue weighted by Crippen LogP contribution is -2.30. The molecule has 0 aliphatic heterocycles. The lowest BCUT2D eigenvalue weighted by molar-refractivity contribution is 0.102. The van der Waals surface area contributed by atoms with E-state index in [9.17, 15) is 13.2 Å². The number of rotatable bonds is 9. The number of carbonyl (C=O) groups is 1. The summed E-state index contributed by atoms with van der Waals surface area (Å²) < 4.78 is 33.1. The molecule has 3 aromatic rings. The molecule has 0 aliphatic carbocycles. The van der Waals surface area contributed by atoms with Crippen molar-refractivity contribution >= 4 is 21.6 Å². The highest BCUT2D eigenvalue weighted by Gasteiger charge is 2.24. The summed E-state index contributed by atoms with van der Waals surface area (Å²) in [6.45, 7) is 7.94. The van der Waals surface area contributed by atoms with Crippen molar-refractivity contribution < 1.29 is 17.9 Å². The van der Waals surface area contributed by atoms with Crippen molar-refractivity contribution in [1.29, 1.82) is 0 Å². The molecule has 0 aliphatic rings. The van der Waals surface area contributed by atoms with Gasteiger partial charge in [0.1, 0.15) is 5.75 Å². The predicted molar refractivity (Wildman–Crippen MR) is 128 cm³/mol. The average Bonchev–Trinajstić information content (AvgIpc) is 2.81. The first-order valence-corrected chi connectivity index (χ1v) is 12.2. The lowest BCUT2D eigenvalue weighted by Gasteiger charge is -2.20. The average molecular weight is 469 g/mol. The third-order valence-corrected chi connectivity index (χ3v) is 6.90. The zero-order valence-corrected chi connectivity index (χ0v) is 20.0. The van der Waals surface area contributed by atoms with Gasteiger partial charge in [-0.05, 0) is 32.0 Å². The van der Waals surface area contributed by atoms with Crippen LogP contribution in [-0.2, 0) is 10.0 Å². The van der Waals surface area contributed by atoms with E-state index in [0.717, 1.165) is 5.56 Å². The number of carbonyl (C=O) groups excluding carboxylic acids is 1. The van der Waals surface area contributed by atoms with Crippen LogP contribution in [0.4, 0.5) is 5.69 Å². The van der Waals surface area contributed by atoms with E-state index in [1.54, 1.807) is 19.9 Å². The van der Waals surface area contributed by atoms with Gasteiger partial charge in [0.05, 0.1) is 22.3 Å². The second-order valence-electron chi connectivity index (χ2n) is 7.53. The number of sulfonamides is 1. The number of nitrogens with one attached hydrogen (secondary N) is 1. The summed E-state index contributed by atoms with van der Waals surface area (Å²) in [5.41, 5.74) is 1.34. The normalized spacial score (nSPS) is 11.6. The summed E-state index contributed by atoms with van der Waals surface area (Å²) in [5.74, 6) is 0.405. The van der Waals surface area contributed by atoms with Crippen LogP contribution >= 0.6 is 0 Å². The molecule has 0 atom stereocenters. The molecule has 0 unspecified atom stereocenters. The molecular formula is C24H28N4O4S. The standard InChI is InChI=1S/C24H28N4O4S/c1-5-28(6-2)33(30,31)20-12-13-22(32-17(3)4)21(14-20)27-24(29)19-15-25-23(26-16-19)18-10-8-7-9-11-18/h7-17H,5-6H2,1-4H3,(H,27,29). The molecule has 1 N–H and O–H groups in total. The van der Waals surface area contributed by atoms with Crippen molar-refractivity contribution in [3.05, 3.63) is 66.5 Å². The largest absolute Gasteiger partial charge is 0.489 e. The third kappa shape index (κ3) is 5.74. The quantitative estimate of drug-likeness (QED) is 0.505. The monoisotopic (exact) mass is 468 g/mol. The van der Waals surface area contributed by atoms with Gasteiger partial charge in [0.2, 0.25) is 10.0 Å². The molecule has 1 aromatic heterocycles. The zero-order chi connectivity index (χ0) is 24.0. The minimum absolute atomic E-state index is 0.0771. The van der Waals surface area contributed by atoms with Gasteiger partial charge in [-0.25, -0.2) is 18.4 Å². The zero-order valence-electron chi connectivity index (χ0n) is 19.1. The Morgan fingerprint density at radius 1 is 1.03 bits per heavy atom. The van der Waals surface area contributed by atoms with Crippen LogP contribution in [-0.4, -0.2) is 47.8 Å². The number of hydrogen-bond donors (Lipinski definition) is 1. The fourth-order valence-corrected chi connectivity index (χ4v) is 4.70. The smallest absolute Gasteiger partial charge is 0.258 e. The summed E-state index contributed by atoms with van der Waals surface area (Å²) in [6.07, 6.45) is 2.70. The number of nitrogens with zero attached hydrogens (tertiary/aromatic N) is 3. The van der Waals surface area contributed by atoms with Crippen molar-refractivity contribution in [1.82, 2.24) is 14.3 Å². The molecule has 33 heavy (non-hydrogen) atoms. The first-order valence-electron chi connectivity index (χ1n) is 10.8. The molecular weight excluding hydrogens is 440 g/mol. The SMILES string of the molecule is CCN(CC)S(=O)(=O)c1ccc(OC(C)C)c(NC(=O)c2cnc(-c3ccccc3)nc2)c1. The fourth-order valence-electron chi connectivity index (χ4n) is 3.21. The van der Waals surface area contributed by atoms with Crippen LogP contribution in [0.3, 0.4) is 0 Å². The lowest BCUT2D eigenvalue weighted by atomic mass is 10.2. The summed E-state index contributed by atoms with van der Waals surface area (Å²) in [7, 11) is -3.70. The molecule has 0 radical (unpaired) electrons. The molecule has 1 amide bonds. The maximum absolute atomic E-state index is 13.0. The van der Waals surface area contributed by atoms with Crippen LogP contribution in [0.2, 0.25) is 0 Å². The summed E-state index contributed by atoms with van der Waals surface area (Å²) in [5, 5.41) is 2.75. The van der Waals surface area contributed by atoms with Crippen molar-refractivity contribution in [3.63, 3.8) is 0 Å². The number of ether oxygens (including phenoxy) is 1. The Morgan fingerprint density at radius 3 is 2.24 bits per heavy atom. The second-order valence-corrected chi connectivity index (χ2v) is 9.47. The maximum Gasteiger partial charge on any atom is 0.258 e. The number of amides is 1. The molecule has 8 nitrogen and oxygen atoms in total. The molecule has 3 rings (SSSR count). The Labute approximate surface area is 194 Å². The van der Waals surface area contributed by atoms with Crippen LogP contribution < -0.4 is 10.1 Å². The Bertz CT molecular complexity index is 1190. The van der Waals surface area contributed by atoms with Gasteiger partial charge in [-0.2, -0.15) is 4.31 Å². The fraction of sp³-hybridized carbons (Fsp3) is 0.292. The first kappa shape index (κ1) is 24.3. The van der Waals surface area contributed by atoms with E-state index in [-0.39, 0.29) is 22.3 Å². The van der Waals surface area contributed by atoms with E-state index in [4.69, 9.17) is 4.74 Å². The van der Waals surface area contributed by atoms with E-state index >= 15 is 0 Å². The van der Waals surface area contributed by atoms with E-state index in [2.05, 4.69) is 15.3 Å². The van der Waals surface area contributed by atoms with Gasteiger partial charge in [0.25, 0.3) is 5.91 Å². The van der Waals surface area contributed by atoms with Crippen molar-refractivity contribution in [2.24, 2.45) is 0 Å². The minimum atomic E-state index is -3.70. The Morgan fingerprint density at radius 2 is 1.67 bits per heavy atom. The number of aromatic nitrogens is 2. The van der Waals surface area contributed by atoms with Gasteiger partial charge in [0.15, 0.2) is 5.82 Å². The topological polar surface area (TPSA) is 101 Å². The van der Waals surface area contributed by atoms with Gasteiger partial charge in [-0.1, -0.05) is 44.2 Å². The minimum Gasteiger partial charge on any atom is -0.489 e. The number of anilines is 1. The second kappa shape index (κ2) is 10.5. The van der Waals surface area contributed by atoms with Crippen LogP contribution in [0.5, 0.6) is 5.75 Å². The van der Waals surface area contributed by atoms with Gasteiger partial charge in [0, 0.05) is 31.0 Å². The number of benzene rings is 2. The summed E-state index contributed by atoms with van der Waals surface area (Å²) >= 11 is 0. The van der Waals surface area contributed by atoms with Crippen molar-refractivity contribution in [2.75, 3.05) is 18.4 Å². The van der Waals surface area contributed by atoms with E-state index in [1.807, 2.05) is 44.2 Å². The van der Waals surface area contributed by atoms with E-state index in [1.165, 1.54) is 28.8 Å². The van der Waals surface area contributed by atoms with Gasteiger partial charge < -0.3 is 10.1 Å². The van der Waals surface area contributed by atoms with Crippen LogP contribution in [0.1, 0.15) is 38.1 Å². The molecule has 2 aromatic carbocycles. The molecule has 174 valence electrons. The van der Waals surface area contributed by atoms with E-state index in [0.29, 0.717) is 24.7 Å². The molecule has 0 spiro atoms. The van der Waals surface area contributed by atoms with Gasteiger partial charge in [-0.3, -0.25) is 4.79 Å². The Kier molecular flexibility index (Phi) is 7.78. The Hall–Kier alpha value is -3.30. The highest BCUT2D eigenvalue weighted by atomic mass is 32.2. The van der Waals surface area contributed by atoms with Gasteiger partial charge >= 0.3 is 0 Å². The molecule has 9 heteroatoms. The van der Waals surface area contributed by atoms with Crippen molar-refractivity contribution in [3.8, 4) is 17.1 Å². The summed E-state index contributed by atoms with van der Waals surface area (Å²) in [4.78, 5) is 21.5. The highest BCUT2D eigenvalue weighted by molar-refractivity contribution is 7.89. The first-order chi connectivity index (χ1) is 15.8. The maximum atomic E-state index is 13.0. The van der Waals surface area contributed by atoms with Crippen LogP contribution in [0.15, 0.2) is 65.8 Å². The molecule has 0 bridgehead atoms. The summed E-state index contributed by atoms with van der Waals surface area (Å²) in [6, 6.07) is 13.9. The highest BCUT2D eigenvalue weighted by Crippen LogP contribution is 2.30. The number of hydrogen-bond acceptors (Lipinski definition) is 6. The molecule has 0 saturated carbocycles. The van der Waals surface area contributed by atoms with Crippen LogP contribution in [0, 0.1) is 0 Å². The molecule has 0 saturated heterocycles.